The average molecular weight is 279 g/mol. The number of rotatable bonds is 4. The van der Waals surface area contributed by atoms with Crippen LogP contribution in [0.4, 0.5) is 0 Å². The molecule has 3 rings (SSSR count). The van der Waals surface area contributed by atoms with Gasteiger partial charge in [0.05, 0.1) is 0 Å². The molecule has 1 aliphatic carbocycles. The van der Waals surface area contributed by atoms with Gasteiger partial charge < -0.3 is 5.32 Å². The summed E-state index contributed by atoms with van der Waals surface area (Å²) in [5.41, 5.74) is 8.59. The molecule has 2 aromatic carbocycles. The van der Waals surface area contributed by atoms with E-state index in [4.69, 9.17) is 0 Å². The molecule has 0 fully saturated rings. The molecule has 0 amide bonds. The minimum atomic E-state index is 0.513. The summed E-state index contributed by atoms with van der Waals surface area (Å²) in [7, 11) is 0. The van der Waals surface area contributed by atoms with Gasteiger partial charge in [0.25, 0.3) is 0 Å². The predicted molar refractivity (Wildman–Crippen MR) is 90.6 cm³/mol. The molecule has 1 nitrogen and oxygen atoms in total. The maximum atomic E-state index is 3.54. The van der Waals surface area contributed by atoms with Gasteiger partial charge in [-0.3, -0.25) is 0 Å². The van der Waals surface area contributed by atoms with E-state index in [-0.39, 0.29) is 0 Å². The highest BCUT2D eigenvalue weighted by molar-refractivity contribution is 5.69. The number of nitrogens with one attached hydrogen (secondary N) is 1. The Kier molecular flexibility index (Phi) is 4.12. The van der Waals surface area contributed by atoms with E-state index in [1.807, 2.05) is 0 Å². The van der Waals surface area contributed by atoms with Crippen LogP contribution in [0.2, 0.25) is 0 Å². The summed E-state index contributed by atoms with van der Waals surface area (Å²) < 4.78 is 0. The Labute approximate surface area is 128 Å². The summed E-state index contributed by atoms with van der Waals surface area (Å²) in [4.78, 5) is 0. The molecule has 0 aliphatic heterocycles. The molecule has 0 saturated carbocycles. The van der Waals surface area contributed by atoms with Crippen molar-refractivity contribution < 1.29 is 0 Å². The lowest BCUT2D eigenvalue weighted by Crippen LogP contribution is -2.22. The van der Waals surface area contributed by atoms with Gasteiger partial charge in [0.2, 0.25) is 0 Å². The van der Waals surface area contributed by atoms with E-state index < -0.39 is 0 Å². The van der Waals surface area contributed by atoms with Crippen molar-refractivity contribution in [2.75, 3.05) is 0 Å². The van der Waals surface area contributed by atoms with Crippen LogP contribution in [0, 0.1) is 6.92 Å². The quantitative estimate of drug-likeness (QED) is 0.859. The number of hydrogen-bond donors (Lipinski definition) is 1. The highest BCUT2D eigenvalue weighted by Gasteiger charge is 2.13. The van der Waals surface area contributed by atoms with Crippen molar-refractivity contribution >= 4 is 0 Å². The first-order chi connectivity index (χ1) is 10.1. The van der Waals surface area contributed by atoms with Crippen LogP contribution in [0.25, 0.3) is 11.1 Å². The Bertz CT molecular complexity index is 640. The fourth-order valence-electron chi connectivity index (χ4n) is 3.17. The minimum Gasteiger partial charge on any atom is -0.310 e. The van der Waals surface area contributed by atoms with Gasteiger partial charge in [-0.2, -0.15) is 0 Å². The molecule has 0 aromatic heterocycles. The average Bonchev–Trinajstić information content (AvgIpc) is 2.93. The molecule has 1 heteroatoms. The molecule has 110 valence electrons. The van der Waals surface area contributed by atoms with E-state index in [1.165, 1.54) is 41.5 Å². The summed E-state index contributed by atoms with van der Waals surface area (Å²) in [5, 5.41) is 3.54. The zero-order chi connectivity index (χ0) is 14.8. The van der Waals surface area contributed by atoms with Gasteiger partial charge in [0.1, 0.15) is 0 Å². The Morgan fingerprint density at radius 1 is 1.00 bits per heavy atom. The van der Waals surface area contributed by atoms with E-state index in [1.54, 1.807) is 11.1 Å². The van der Waals surface area contributed by atoms with Crippen LogP contribution < -0.4 is 5.32 Å². The molecule has 1 aliphatic rings. The molecule has 21 heavy (non-hydrogen) atoms. The van der Waals surface area contributed by atoms with Crippen molar-refractivity contribution in [2.45, 2.75) is 52.6 Å². The van der Waals surface area contributed by atoms with E-state index in [2.05, 4.69) is 62.5 Å². The first kappa shape index (κ1) is 14.3. The summed E-state index contributed by atoms with van der Waals surface area (Å²) in [5.74, 6) is 0. The monoisotopic (exact) mass is 279 g/mol. The third-order valence-electron chi connectivity index (χ3n) is 4.38. The fourth-order valence-corrected chi connectivity index (χ4v) is 3.17. The third kappa shape index (κ3) is 3.19. The maximum Gasteiger partial charge on any atom is 0.0214 e. The smallest absolute Gasteiger partial charge is 0.0214 e. The lowest BCUT2D eigenvalue weighted by molar-refractivity contribution is 0.589. The van der Waals surface area contributed by atoms with Gasteiger partial charge in [0, 0.05) is 12.6 Å². The van der Waals surface area contributed by atoms with Crippen LogP contribution in [-0.2, 0) is 19.4 Å². The molecule has 0 radical (unpaired) electrons. The predicted octanol–water partition coefficient (Wildman–Crippen LogP) is 4.65. The van der Waals surface area contributed by atoms with Crippen LogP contribution in [0.3, 0.4) is 0 Å². The van der Waals surface area contributed by atoms with Gasteiger partial charge in [-0.25, -0.2) is 0 Å². The normalized spacial score (nSPS) is 13.7. The highest BCUT2D eigenvalue weighted by Crippen LogP contribution is 2.30. The second-order valence-corrected chi connectivity index (χ2v) is 6.53. The Balaban J connectivity index is 1.98. The first-order valence-electron chi connectivity index (χ1n) is 8.08. The fraction of sp³-hybridized carbons (Fsp3) is 0.400. The van der Waals surface area contributed by atoms with Crippen LogP contribution in [0.15, 0.2) is 36.4 Å². The summed E-state index contributed by atoms with van der Waals surface area (Å²) >= 11 is 0. The third-order valence-corrected chi connectivity index (χ3v) is 4.38. The molecular formula is C20H25N. The number of fused-ring (bicyclic) bond motifs is 1. The van der Waals surface area contributed by atoms with E-state index >= 15 is 0 Å². The molecule has 0 spiro atoms. The molecule has 0 unspecified atom stereocenters. The van der Waals surface area contributed by atoms with Crippen LogP contribution in [0.5, 0.6) is 0 Å². The van der Waals surface area contributed by atoms with Gasteiger partial charge in [-0.05, 0) is 54.0 Å². The minimum absolute atomic E-state index is 0.513. The molecule has 0 heterocycles. The molecular weight excluding hydrogens is 254 g/mol. The summed E-state index contributed by atoms with van der Waals surface area (Å²) in [6, 6.07) is 14.4. The van der Waals surface area contributed by atoms with Crippen molar-refractivity contribution in [3.05, 3.63) is 58.7 Å². The summed E-state index contributed by atoms with van der Waals surface area (Å²) in [6.45, 7) is 7.51. The van der Waals surface area contributed by atoms with E-state index in [9.17, 15) is 0 Å². The van der Waals surface area contributed by atoms with Crippen molar-refractivity contribution in [3.8, 4) is 11.1 Å². The van der Waals surface area contributed by atoms with Crippen molar-refractivity contribution in [2.24, 2.45) is 0 Å². The molecule has 0 bridgehead atoms. The van der Waals surface area contributed by atoms with Crippen LogP contribution in [-0.4, -0.2) is 6.04 Å². The van der Waals surface area contributed by atoms with Gasteiger partial charge in [-0.15, -0.1) is 0 Å². The zero-order valence-electron chi connectivity index (χ0n) is 13.4. The van der Waals surface area contributed by atoms with E-state index in [0.717, 1.165) is 6.54 Å². The highest BCUT2D eigenvalue weighted by atomic mass is 14.9. The maximum absolute atomic E-state index is 3.54. The Hall–Kier alpha value is -1.60. The Morgan fingerprint density at radius 2 is 1.81 bits per heavy atom. The van der Waals surface area contributed by atoms with Gasteiger partial charge in [0.15, 0.2) is 0 Å². The lowest BCUT2D eigenvalue weighted by Gasteiger charge is -2.15. The molecule has 1 N–H and O–H groups in total. The van der Waals surface area contributed by atoms with Crippen molar-refractivity contribution in [3.63, 3.8) is 0 Å². The van der Waals surface area contributed by atoms with Gasteiger partial charge >= 0.3 is 0 Å². The topological polar surface area (TPSA) is 12.0 Å². The lowest BCUT2D eigenvalue weighted by atomic mass is 9.95. The Morgan fingerprint density at radius 3 is 2.62 bits per heavy atom. The van der Waals surface area contributed by atoms with Crippen molar-refractivity contribution in [1.29, 1.82) is 0 Å². The SMILES string of the molecule is Cc1ccc(CNC(C)C)c(-c2ccc3c(c2)CCC3)c1. The van der Waals surface area contributed by atoms with E-state index in [0.29, 0.717) is 6.04 Å². The first-order valence-corrected chi connectivity index (χ1v) is 8.08. The van der Waals surface area contributed by atoms with Gasteiger partial charge in [-0.1, -0.05) is 55.8 Å². The summed E-state index contributed by atoms with van der Waals surface area (Å²) in [6.07, 6.45) is 3.81. The van der Waals surface area contributed by atoms with Crippen molar-refractivity contribution in [1.82, 2.24) is 5.32 Å². The van der Waals surface area contributed by atoms with Crippen LogP contribution >= 0.6 is 0 Å². The number of hydrogen-bond acceptors (Lipinski definition) is 1. The van der Waals surface area contributed by atoms with Crippen LogP contribution in [0.1, 0.15) is 42.5 Å². The number of aryl methyl sites for hydroxylation is 3. The second-order valence-electron chi connectivity index (χ2n) is 6.53. The largest absolute Gasteiger partial charge is 0.310 e. The number of benzene rings is 2. The standard InChI is InChI=1S/C20H25N/c1-14(2)21-13-19-8-7-15(3)11-20(19)18-10-9-16-5-4-6-17(16)12-18/h7-12,14,21H,4-6,13H2,1-3H3. The second kappa shape index (κ2) is 6.03. The molecule has 0 atom stereocenters. The molecule has 0 saturated heterocycles. The molecule has 2 aromatic rings. The zero-order valence-corrected chi connectivity index (χ0v) is 13.4.